The number of nitriles is 1. The average molecular weight is 345 g/mol. The van der Waals surface area contributed by atoms with Gasteiger partial charge in [0.25, 0.3) is 5.91 Å². The fourth-order valence-electron chi connectivity index (χ4n) is 4.08. The number of piperidine rings is 1. The first-order chi connectivity index (χ1) is 12.7. The highest BCUT2D eigenvalue weighted by atomic mass is 16.2. The van der Waals surface area contributed by atoms with Crippen LogP contribution in [0.2, 0.25) is 0 Å². The lowest BCUT2D eigenvalue weighted by Crippen LogP contribution is -2.48. The van der Waals surface area contributed by atoms with Crippen LogP contribution in [0.3, 0.4) is 0 Å². The second-order valence-corrected chi connectivity index (χ2v) is 6.76. The molecule has 0 aromatic heterocycles. The van der Waals surface area contributed by atoms with Crippen LogP contribution in [0.5, 0.6) is 0 Å². The predicted octanol–water partition coefficient (Wildman–Crippen LogP) is 2.58. The zero-order valence-corrected chi connectivity index (χ0v) is 14.3. The summed E-state index contributed by atoms with van der Waals surface area (Å²) in [4.78, 5) is 27.2. The first-order valence-corrected chi connectivity index (χ1v) is 8.88. The topological polar surface area (TPSA) is 73.2 Å². The second kappa shape index (κ2) is 6.64. The van der Waals surface area contributed by atoms with Gasteiger partial charge in [0.15, 0.2) is 0 Å². The van der Waals surface area contributed by atoms with E-state index in [0.717, 1.165) is 24.0 Å². The van der Waals surface area contributed by atoms with Crippen LogP contribution in [0.1, 0.15) is 28.8 Å². The summed E-state index contributed by atoms with van der Waals surface area (Å²) >= 11 is 0. The van der Waals surface area contributed by atoms with Crippen molar-refractivity contribution in [2.75, 3.05) is 13.1 Å². The Morgan fingerprint density at radius 1 is 1.12 bits per heavy atom. The predicted molar refractivity (Wildman–Crippen MR) is 97.2 cm³/mol. The van der Waals surface area contributed by atoms with Gasteiger partial charge in [-0.3, -0.25) is 9.59 Å². The minimum absolute atomic E-state index is 0.0515. The highest BCUT2D eigenvalue weighted by Crippen LogP contribution is 2.32. The van der Waals surface area contributed by atoms with E-state index in [1.54, 1.807) is 12.1 Å². The third-order valence-corrected chi connectivity index (χ3v) is 5.36. The summed E-state index contributed by atoms with van der Waals surface area (Å²) < 4.78 is 0. The highest BCUT2D eigenvalue weighted by Gasteiger charge is 2.43. The third-order valence-electron chi connectivity index (χ3n) is 5.36. The van der Waals surface area contributed by atoms with E-state index in [1.807, 2.05) is 41.3 Å². The molecule has 0 saturated carbocycles. The molecule has 0 bridgehead atoms. The van der Waals surface area contributed by atoms with Gasteiger partial charge < -0.3 is 10.2 Å². The number of nitrogens with zero attached hydrogens (tertiary/aromatic N) is 2. The average Bonchev–Trinajstić information content (AvgIpc) is 3.08. The molecule has 2 fully saturated rings. The Labute approximate surface area is 152 Å². The summed E-state index contributed by atoms with van der Waals surface area (Å²) in [5, 5.41) is 12.3. The SMILES string of the molecule is N#Cc1ccccc1-c1ccccc1C(=O)N1CCC[C@H]2C(=O)NC[C@H]21. The van der Waals surface area contributed by atoms with Gasteiger partial charge >= 0.3 is 0 Å². The molecule has 5 nitrogen and oxygen atoms in total. The number of nitrogens with one attached hydrogen (secondary N) is 1. The summed E-state index contributed by atoms with van der Waals surface area (Å²) in [7, 11) is 0. The van der Waals surface area contributed by atoms with Gasteiger partial charge in [-0.2, -0.15) is 5.26 Å². The number of carbonyl (C=O) groups is 2. The molecule has 0 radical (unpaired) electrons. The Hall–Kier alpha value is -3.13. The number of likely N-dealkylation sites (tertiary alicyclic amines) is 1. The van der Waals surface area contributed by atoms with Crippen molar-refractivity contribution in [3.8, 4) is 17.2 Å². The molecule has 2 aliphatic heterocycles. The smallest absolute Gasteiger partial charge is 0.254 e. The minimum atomic E-state index is -0.105. The number of rotatable bonds is 2. The molecule has 2 saturated heterocycles. The molecule has 4 rings (SSSR count). The molecule has 2 heterocycles. The Kier molecular flexibility index (Phi) is 4.18. The van der Waals surface area contributed by atoms with Crippen LogP contribution in [0.25, 0.3) is 11.1 Å². The fourth-order valence-corrected chi connectivity index (χ4v) is 4.08. The van der Waals surface area contributed by atoms with Crippen LogP contribution >= 0.6 is 0 Å². The maximum Gasteiger partial charge on any atom is 0.254 e. The monoisotopic (exact) mass is 345 g/mol. The van der Waals surface area contributed by atoms with Crippen molar-refractivity contribution in [2.24, 2.45) is 5.92 Å². The van der Waals surface area contributed by atoms with Crippen molar-refractivity contribution < 1.29 is 9.59 Å². The van der Waals surface area contributed by atoms with Gasteiger partial charge in [-0.05, 0) is 30.5 Å². The number of hydrogen-bond donors (Lipinski definition) is 1. The summed E-state index contributed by atoms with van der Waals surface area (Å²) in [6.07, 6.45) is 1.66. The molecule has 0 aliphatic carbocycles. The van der Waals surface area contributed by atoms with Crippen molar-refractivity contribution in [3.63, 3.8) is 0 Å². The first kappa shape index (κ1) is 16.3. The zero-order chi connectivity index (χ0) is 18.1. The van der Waals surface area contributed by atoms with E-state index in [-0.39, 0.29) is 23.8 Å². The lowest BCUT2D eigenvalue weighted by atomic mass is 9.89. The second-order valence-electron chi connectivity index (χ2n) is 6.76. The third kappa shape index (κ3) is 2.64. The summed E-state index contributed by atoms with van der Waals surface area (Å²) in [5.74, 6) is -0.124. The summed E-state index contributed by atoms with van der Waals surface area (Å²) in [6, 6.07) is 16.8. The van der Waals surface area contributed by atoms with Crippen molar-refractivity contribution in [3.05, 3.63) is 59.7 Å². The molecule has 26 heavy (non-hydrogen) atoms. The zero-order valence-electron chi connectivity index (χ0n) is 14.3. The molecule has 2 amide bonds. The summed E-state index contributed by atoms with van der Waals surface area (Å²) in [5.41, 5.74) is 2.64. The number of benzene rings is 2. The van der Waals surface area contributed by atoms with E-state index < -0.39 is 0 Å². The fraction of sp³-hybridized carbons (Fsp3) is 0.286. The Bertz CT molecular complexity index is 915. The van der Waals surface area contributed by atoms with Gasteiger partial charge in [-0.1, -0.05) is 36.4 Å². The normalized spacial score (nSPS) is 21.7. The molecule has 0 unspecified atom stereocenters. The van der Waals surface area contributed by atoms with Gasteiger partial charge in [0, 0.05) is 24.2 Å². The lowest BCUT2D eigenvalue weighted by molar-refractivity contribution is -0.123. The van der Waals surface area contributed by atoms with Gasteiger partial charge in [0.2, 0.25) is 5.91 Å². The van der Waals surface area contributed by atoms with Crippen LogP contribution in [-0.2, 0) is 4.79 Å². The van der Waals surface area contributed by atoms with Crippen molar-refractivity contribution in [1.29, 1.82) is 5.26 Å². The first-order valence-electron chi connectivity index (χ1n) is 8.88. The van der Waals surface area contributed by atoms with Crippen molar-refractivity contribution in [1.82, 2.24) is 10.2 Å². The molecule has 130 valence electrons. The molecule has 1 N–H and O–H groups in total. The van der Waals surface area contributed by atoms with Gasteiger partial charge in [-0.15, -0.1) is 0 Å². The molecule has 2 aromatic rings. The number of hydrogen-bond acceptors (Lipinski definition) is 3. The van der Waals surface area contributed by atoms with Crippen molar-refractivity contribution in [2.45, 2.75) is 18.9 Å². The van der Waals surface area contributed by atoms with Crippen LogP contribution < -0.4 is 5.32 Å². The molecule has 2 aliphatic rings. The lowest BCUT2D eigenvalue weighted by Gasteiger charge is -2.36. The number of carbonyl (C=O) groups excluding carboxylic acids is 2. The largest absolute Gasteiger partial charge is 0.354 e. The Morgan fingerprint density at radius 3 is 2.65 bits per heavy atom. The van der Waals surface area contributed by atoms with Crippen LogP contribution in [0.15, 0.2) is 48.5 Å². The van der Waals surface area contributed by atoms with Gasteiger partial charge in [0.05, 0.1) is 23.6 Å². The minimum Gasteiger partial charge on any atom is -0.354 e. The maximum atomic E-state index is 13.3. The molecule has 2 atom stereocenters. The molecule has 5 heteroatoms. The number of fused-ring (bicyclic) bond motifs is 1. The van der Waals surface area contributed by atoms with E-state index in [0.29, 0.717) is 24.2 Å². The molecular formula is C21H19N3O2. The van der Waals surface area contributed by atoms with E-state index >= 15 is 0 Å². The Morgan fingerprint density at radius 2 is 1.85 bits per heavy atom. The number of amides is 2. The molecule has 0 spiro atoms. The van der Waals surface area contributed by atoms with Crippen LogP contribution in [-0.4, -0.2) is 35.8 Å². The van der Waals surface area contributed by atoms with E-state index in [9.17, 15) is 14.9 Å². The van der Waals surface area contributed by atoms with E-state index in [2.05, 4.69) is 11.4 Å². The Balaban J connectivity index is 1.74. The van der Waals surface area contributed by atoms with Gasteiger partial charge in [-0.25, -0.2) is 0 Å². The quantitative estimate of drug-likeness (QED) is 0.909. The van der Waals surface area contributed by atoms with Crippen molar-refractivity contribution >= 4 is 11.8 Å². The van der Waals surface area contributed by atoms with E-state index in [4.69, 9.17) is 0 Å². The van der Waals surface area contributed by atoms with Gasteiger partial charge in [0.1, 0.15) is 0 Å². The highest BCUT2D eigenvalue weighted by molar-refractivity contribution is 6.02. The molecule has 2 aromatic carbocycles. The van der Waals surface area contributed by atoms with E-state index in [1.165, 1.54) is 0 Å². The standard InChI is InChI=1S/C21H19N3O2/c22-12-14-6-1-2-7-15(14)16-8-3-4-9-17(16)21(26)24-11-5-10-18-19(24)13-23-20(18)25/h1-4,6-9,18-19H,5,10-11,13H2,(H,23,25)/t18-,19-/m1/s1. The van der Waals surface area contributed by atoms with Crippen LogP contribution in [0, 0.1) is 17.2 Å². The maximum absolute atomic E-state index is 13.3. The molecular weight excluding hydrogens is 326 g/mol. The van der Waals surface area contributed by atoms with Crippen LogP contribution in [0.4, 0.5) is 0 Å². The summed E-state index contributed by atoms with van der Waals surface area (Å²) in [6.45, 7) is 1.18.